The molecule has 1 heterocycles. The van der Waals surface area contributed by atoms with E-state index >= 15 is 0 Å². The van der Waals surface area contributed by atoms with Crippen molar-refractivity contribution in [2.24, 2.45) is 5.92 Å². The van der Waals surface area contributed by atoms with Gasteiger partial charge in [0, 0.05) is 18.3 Å². The van der Waals surface area contributed by atoms with Gasteiger partial charge in [0.25, 0.3) is 0 Å². The lowest BCUT2D eigenvalue weighted by atomic mass is 10.1. The van der Waals surface area contributed by atoms with Crippen molar-refractivity contribution in [1.29, 1.82) is 0 Å². The average Bonchev–Trinajstić information content (AvgIpc) is 2.73. The van der Waals surface area contributed by atoms with E-state index in [1.165, 1.54) is 6.07 Å². The van der Waals surface area contributed by atoms with Crippen LogP contribution in [0.2, 0.25) is 0 Å². The van der Waals surface area contributed by atoms with Crippen LogP contribution in [0.25, 0.3) is 0 Å². The third kappa shape index (κ3) is 2.55. The summed E-state index contributed by atoms with van der Waals surface area (Å²) < 4.78 is 26.1. The Morgan fingerprint density at radius 2 is 2.17 bits per heavy atom. The van der Waals surface area contributed by atoms with Gasteiger partial charge in [-0.15, -0.1) is 0 Å². The minimum atomic E-state index is -0.872. The van der Waals surface area contributed by atoms with Gasteiger partial charge in [0.05, 0.1) is 6.04 Å². The highest BCUT2D eigenvalue weighted by Gasteiger charge is 2.32. The van der Waals surface area contributed by atoms with Gasteiger partial charge in [-0.1, -0.05) is 22.0 Å². The molecule has 2 atom stereocenters. The Morgan fingerprint density at radius 3 is 2.72 bits per heavy atom. The molecule has 2 nitrogen and oxygen atoms in total. The SMILES string of the molecule is CC(c1ccc(F)c(F)c1)N1CC(CBr)CC1=O. The molecule has 1 aliphatic rings. The molecular formula is C13H14BrF2NO. The second-order valence-electron chi connectivity index (χ2n) is 4.62. The molecule has 0 aromatic heterocycles. The lowest BCUT2D eigenvalue weighted by Crippen LogP contribution is -2.28. The van der Waals surface area contributed by atoms with E-state index in [-0.39, 0.29) is 11.9 Å². The second kappa shape index (κ2) is 5.34. The van der Waals surface area contributed by atoms with Crippen molar-refractivity contribution < 1.29 is 13.6 Å². The molecule has 2 unspecified atom stereocenters. The third-order valence-corrected chi connectivity index (χ3v) is 4.27. The van der Waals surface area contributed by atoms with Crippen LogP contribution in [-0.2, 0) is 4.79 Å². The summed E-state index contributed by atoms with van der Waals surface area (Å²) >= 11 is 3.37. The lowest BCUT2D eigenvalue weighted by Gasteiger charge is -2.25. The van der Waals surface area contributed by atoms with Crippen LogP contribution >= 0.6 is 15.9 Å². The highest BCUT2D eigenvalue weighted by molar-refractivity contribution is 9.09. The maximum atomic E-state index is 13.2. The van der Waals surface area contributed by atoms with Gasteiger partial charge in [-0.25, -0.2) is 8.78 Å². The number of rotatable bonds is 3. The zero-order valence-corrected chi connectivity index (χ0v) is 11.6. The van der Waals surface area contributed by atoms with Crippen molar-refractivity contribution >= 4 is 21.8 Å². The summed E-state index contributed by atoms with van der Waals surface area (Å²) in [6, 6.07) is 3.56. The number of likely N-dealkylation sites (tertiary alicyclic amines) is 1. The molecule has 1 aromatic rings. The summed E-state index contributed by atoms with van der Waals surface area (Å²) in [5.74, 6) is -1.37. The molecule has 0 N–H and O–H groups in total. The smallest absolute Gasteiger partial charge is 0.223 e. The first-order chi connectivity index (χ1) is 8.52. The van der Waals surface area contributed by atoms with Gasteiger partial charge in [-0.2, -0.15) is 0 Å². The summed E-state index contributed by atoms with van der Waals surface area (Å²) in [4.78, 5) is 13.6. The first-order valence-corrected chi connectivity index (χ1v) is 6.95. The van der Waals surface area contributed by atoms with Gasteiger partial charge in [0.1, 0.15) is 0 Å². The molecule has 5 heteroatoms. The number of carbonyl (C=O) groups excluding carboxylic acids is 1. The molecule has 0 saturated carbocycles. The number of carbonyl (C=O) groups is 1. The van der Waals surface area contributed by atoms with Crippen LogP contribution < -0.4 is 0 Å². The standard InChI is InChI=1S/C13H14BrF2NO/c1-8(10-2-3-11(15)12(16)5-10)17-7-9(6-14)4-13(17)18/h2-3,5,8-9H,4,6-7H2,1H3. The van der Waals surface area contributed by atoms with Gasteiger partial charge in [-0.05, 0) is 30.5 Å². The number of amides is 1. The topological polar surface area (TPSA) is 20.3 Å². The Bertz CT molecular complexity index is 466. The van der Waals surface area contributed by atoms with Crippen LogP contribution in [0.15, 0.2) is 18.2 Å². The van der Waals surface area contributed by atoms with Gasteiger partial charge >= 0.3 is 0 Å². The fourth-order valence-electron chi connectivity index (χ4n) is 2.24. The van der Waals surface area contributed by atoms with Gasteiger partial charge in [-0.3, -0.25) is 4.79 Å². The highest BCUT2D eigenvalue weighted by atomic mass is 79.9. The minimum Gasteiger partial charge on any atom is -0.336 e. The molecule has 2 rings (SSSR count). The normalized spacial score (nSPS) is 21.4. The summed E-state index contributed by atoms with van der Waals surface area (Å²) in [7, 11) is 0. The van der Waals surface area contributed by atoms with Crippen LogP contribution in [0.3, 0.4) is 0 Å². The lowest BCUT2D eigenvalue weighted by molar-refractivity contribution is -0.129. The van der Waals surface area contributed by atoms with Crippen molar-refractivity contribution in [3.05, 3.63) is 35.4 Å². The Hall–Kier alpha value is -0.970. The van der Waals surface area contributed by atoms with Crippen molar-refractivity contribution in [3.63, 3.8) is 0 Å². The second-order valence-corrected chi connectivity index (χ2v) is 5.27. The van der Waals surface area contributed by atoms with Crippen molar-refractivity contribution in [1.82, 2.24) is 4.90 Å². The van der Waals surface area contributed by atoms with Crippen LogP contribution in [-0.4, -0.2) is 22.7 Å². The van der Waals surface area contributed by atoms with E-state index in [4.69, 9.17) is 0 Å². The Morgan fingerprint density at radius 1 is 1.44 bits per heavy atom. The molecule has 98 valence electrons. The first-order valence-electron chi connectivity index (χ1n) is 5.83. The maximum absolute atomic E-state index is 13.2. The molecule has 1 saturated heterocycles. The molecule has 0 spiro atoms. The number of halogens is 3. The van der Waals surface area contributed by atoms with Crippen molar-refractivity contribution in [2.75, 3.05) is 11.9 Å². The first kappa shape index (κ1) is 13.5. The van der Waals surface area contributed by atoms with Crippen molar-refractivity contribution in [2.45, 2.75) is 19.4 Å². The molecule has 18 heavy (non-hydrogen) atoms. The van der Waals surface area contributed by atoms with E-state index in [0.717, 1.165) is 17.5 Å². The molecular weight excluding hydrogens is 304 g/mol. The fraction of sp³-hybridized carbons (Fsp3) is 0.462. The Balaban J connectivity index is 2.18. The molecule has 0 bridgehead atoms. The number of benzene rings is 1. The third-order valence-electron chi connectivity index (χ3n) is 3.35. The molecule has 1 aliphatic heterocycles. The summed E-state index contributed by atoms with van der Waals surface area (Å²) in [6.07, 6.45) is 0.513. The van der Waals surface area contributed by atoms with E-state index in [1.807, 2.05) is 6.92 Å². The molecule has 0 aliphatic carbocycles. The summed E-state index contributed by atoms with van der Waals surface area (Å²) in [5.41, 5.74) is 0.623. The zero-order chi connectivity index (χ0) is 13.3. The Kier molecular flexibility index (Phi) is 4.00. The number of hydrogen-bond donors (Lipinski definition) is 0. The number of alkyl halides is 1. The van der Waals surface area contributed by atoms with Gasteiger partial charge in [0.15, 0.2) is 11.6 Å². The largest absolute Gasteiger partial charge is 0.336 e. The molecule has 1 aromatic carbocycles. The molecule has 1 amide bonds. The van der Waals surface area contributed by atoms with Crippen LogP contribution in [0.1, 0.15) is 24.9 Å². The van der Waals surface area contributed by atoms with Crippen LogP contribution in [0, 0.1) is 17.6 Å². The van der Waals surface area contributed by atoms with E-state index in [9.17, 15) is 13.6 Å². The monoisotopic (exact) mass is 317 g/mol. The molecule has 1 fully saturated rings. The molecule has 0 radical (unpaired) electrons. The highest BCUT2D eigenvalue weighted by Crippen LogP contribution is 2.29. The van der Waals surface area contributed by atoms with Gasteiger partial charge < -0.3 is 4.90 Å². The predicted octanol–water partition coefficient (Wildman–Crippen LogP) is 3.27. The number of nitrogens with zero attached hydrogens (tertiary/aromatic N) is 1. The van der Waals surface area contributed by atoms with Crippen LogP contribution in [0.4, 0.5) is 8.78 Å². The van der Waals surface area contributed by atoms with Crippen LogP contribution in [0.5, 0.6) is 0 Å². The maximum Gasteiger partial charge on any atom is 0.223 e. The number of hydrogen-bond acceptors (Lipinski definition) is 1. The Labute approximate surface area is 113 Å². The summed E-state index contributed by atoms with van der Waals surface area (Å²) in [5, 5.41) is 0.778. The van der Waals surface area contributed by atoms with Gasteiger partial charge in [0.2, 0.25) is 5.91 Å². The zero-order valence-electron chi connectivity index (χ0n) is 10.00. The van der Waals surface area contributed by atoms with E-state index in [2.05, 4.69) is 15.9 Å². The predicted molar refractivity (Wildman–Crippen MR) is 68.4 cm³/mol. The fourth-order valence-corrected chi connectivity index (χ4v) is 2.67. The average molecular weight is 318 g/mol. The van der Waals surface area contributed by atoms with E-state index in [0.29, 0.717) is 24.4 Å². The minimum absolute atomic E-state index is 0.0664. The van der Waals surface area contributed by atoms with Crippen molar-refractivity contribution in [3.8, 4) is 0 Å². The summed E-state index contributed by atoms with van der Waals surface area (Å²) in [6.45, 7) is 2.49. The van der Waals surface area contributed by atoms with E-state index in [1.54, 1.807) is 4.90 Å². The quantitative estimate of drug-likeness (QED) is 0.783. The van der Waals surface area contributed by atoms with E-state index < -0.39 is 11.6 Å².